The molecular weight excluding hydrogens is 224 g/mol. The van der Waals surface area contributed by atoms with E-state index < -0.39 is 5.54 Å². The molecule has 0 atom stereocenters. The zero-order chi connectivity index (χ0) is 12.6. The Kier molecular flexibility index (Phi) is 3.13. The fourth-order valence-corrected chi connectivity index (χ4v) is 4.07. The number of nitrogens with zero attached hydrogens (tertiary/aromatic N) is 1. The lowest BCUT2D eigenvalue weighted by molar-refractivity contribution is -0.143. The monoisotopic (exact) mass is 250 g/mol. The standard InChI is InChI=1S/C15H26N2O/c16-15(7-4-8-15)13(18)17-11-9-14(10-12-17)5-2-1-3-6-14/h1-12,16H2. The van der Waals surface area contributed by atoms with E-state index in [1.54, 1.807) is 0 Å². The molecule has 1 amide bonds. The molecule has 3 rings (SSSR count). The summed E-state index contributed by atoms with van der Waals surface area (Å²) in [5.41, 5.74) is 6.25. The van der Waals surface area contributed by atoms with Crippen LogP contribution in [0, 0.1) is 5.41 Å². The molecule has 0 aromatic carbocycles. The van der Waals surface area contributed by atoms with Crippen LogP contribution in [-0.2, 0) is 4.79 Å². The Labute approximate surface area is 110 Å². The molecule has 2 saturated carbocycles. The van der Waals surface area contributed by atoms with E-state index in [4.69, 9.17) is 5.73 Å². The van der Waals surface area contributed by atoms with Crippen molar-refractivity contribution in [2.45, 2.75) is 69.7 Å². The van der Waals surface area contributed by atoms with E-state index in [1.807, 2.05) is 0 Å². The third kappa shape index (κ3) is 2.07. The summed E-state index contributed by atoms with van der Waals surface area (Å²) in [4.78, 5) is 14.4. The van der Waals surface area contributed by atoms with Crippen molar-refractivity contribution in [1.29, 1.82) is 0 Å². The van der Waals surface area contributed by atoms with Crippen molar-refractivity contribution in [3.05, 3.63) is 0 Å². The number of nitrogens with two attached hydrogens (primary N) is 1. The van der Waals surface area contributed by atoms with Crippen LogP contribution < -0.4 is 5.73 Å². The first-order chi connectivity index (χ1) is 8.64. The fraction of sp³-hybridized carbons (Fsp3) is 0.933. The van der Waals surface area contributed by atoms with Gasteiger partial charge in [0.1, 0.15) is 0 Å². The predicted molar refractivity (Wildman–Crippen MR) is 72.1 cm³/mol. The van der Waals surface area contributed by atoms with Crippen molar-refractivity contribution in [2.24, 2.45) is 11.1 Å². The summed E-state index contributed by atoms with van der Waals surface area (Å²) in [6.07, 6.45) is 12.3. The minimum atomic E-state index is -0.489. The van der Waals surface area contributed by atoms with Crippen LogP contribution in [0.3, 0.4) is 0 Å². The van der Waals surface area contributed by atoms with Gasteiger partial charge in [0.05, 0.1) is 5.54 Å². The highest BCUT2D eigenvalue weighted by atomic mass is 16.2. The molecule has 3 nitrogen and oxygen atoms in total. The van der Waals surface area contributed by atoms with E-state index in [2.05, 4.69) is 4.90 Å². The molecule has 3 fully saturated rings. The number of likely N-dealkylation sites (tertiary alicyclic amines) is 1. The van der Waals surface area contributed by atoms with Gasteiger partial charge in [0.15, 0.2) is 0 Å². The molecule has 0 bridgehead atoms. The van der Waals surface area contributed by atoms with Gasteiger partial charge in [-0.2, -0.15) is 0 Å². The molecule has 2 N–H and O–H groups in total. The van der Waals surface area contributed by atoms with Crippen molar-refractivity contribution in [3.63, 3.8) is 0 Å². The average molecular weight is 250 g/mol. The van der Waals surface area contributed by atoms with Gasteiger partial charge >= 0.3 is 0 Å². The summed E-state index contributed by atoms with van der Waals surface area (Å²) in [6, 6.07) is 0. The molecular formula is C15H26N2O. The Morgan fingerprint density at radius 3 is 1.94 bits per heavy atom. The summed E-state index contributed by atoms with van der Waals surface area (Å²) in [5.74, 6) is 0.236. The first-order valence-corrected chi connectivity index (χ1v) is 7.72. The molecule has 0 radical (unpaired) electrons. The summed E-state index contributed by atoms with van der Waals surface area (Å²) in [7, 11) is 0. The molecule has 0 unspecified atom stereocenters. The molecule has 18 heavy (non-hydrogen) atoms. The predicted octanol–water partition coefficient (Wildman–Crippen LogP) is 2.44. The highest BCUT2D eigenvalue weighted by molar-refractivity contribution is 5.87. The number of carbonyl (C=O) groups is 1. The Hall–Kier alpha value is -0.570. The van der Waals surface area contributed by atoms with Crippen molar-refractivity contribution in [2.75, 3.05) is 13.1 Å². The molecule has 0 aromatic rings. The van der Waals surface area contributed by atoms with Crippen LogP contribution in [-0.4, -0.2) is 29.4 Å². The van der Waals surface area contributed by atoms with Crippen molar-refractivity contribution in [1.82, 2.24) is 4.90 Å². The van der Waals surface area contributed by atoms with Crippen LogP contribution in [0.2, 0.25) is 0 Å². The van der Waals surface area contributed by atoms with Crippen molar-refractivity contribution < 1.29 is 4.79 Å². The summed E-state index contributed by atoms with van der Waals surface area (Å²) >= 11 is 0. The fourth-order valence-electron chi connectivity index (χ4n) is 4.07. The first-order valence-electron chi connectivity index (χ1n) is 7.72. The summed E-state index contributed by atoms with van der Waals surface area (Å²) < 4.78 is 0. The second-order valence-corrected chi connectivity index (χ2v) is 6.86. The molecule has 1 aliphatic heterocycles. The van der Waals surface area contributed by atoms with Crippen LogP contribution >= 0.6 is 0 Å². The number of amides is 1. The molecule has 0 aromatic heterocycles. The Balaban J connectivity index is 1.58. The van der Waals surface area contributed by atoms with E-state index in [1.165, 1.54) is 44.9 Å². The zero-order valence-electron chi connectivity index (χ0n) is 11.4. The van der Waals surface area contributed by atoms with Gasteiger partial charge in [0, 0.05) is 13.1 Å². The lowest BCUT2D eigenvalue weighted by Crippen LogP contribution is -2.61. The highest BCUT2D eigenvalue weighted by Gasteiger charge is 2.45. The lowest BCUT2D eigenvalue weighted by atomic mass is 9.67. The maximum absolute atomic E-state index is 12.4. The van der Waals surface area contributed by atoms with Gasteiger partial charge in [-0.3, -0.25) is 4.79 Å². The van der Waals surface area contributed by atoms with Gasteiger partial charge in [-0.1, -0.05) is 19.3 Å². The maximum atomic E-state index is 12.4. The van der Waals surface area contributed by atoms with Crippen LogP contribution in [0.1, 0.15) is 64.2 Å². The first kappa shape index (κ1) is 12.5. The molecule has 1 spiro atoms. The maximum Gasteiger partial charge on any atom is 0.242 e. The lowest BCUT2D eigenvalue weighted by Gasteiger charge is -2.47. The SMILES string of the molecule is NC1(C(=O)N2CCC3(CCCCC3)CC2)CCC1. The van der Waals surface area contributed by atoms with Crippen molar-refractivity contribution >= 4 is 5.91 Å². The summed E-state index contributed by atoms with van der Waals surface area (Å²) in [5, 5.41) is 0. The Morgan fingerprint density at radius 1 is 0.833 bits per heavy atom. The number of rotatable bonds is 1. The molecule has 1 saturated heterocycles. The molecule has 102 valence electrons. The highest BCUT2D eigenvalue weighted by Crippen LogP contribution is 2.45. The topological polar surface area (TPSA) is 46.3 Å². The third-order valence-electron chi connectivity index (χ3n) is 5.70. The Morgan fingerprint density at radius 2 is 1.44 bits per heavy atom. The minimum Gasteiger partial charge on any atom is -0.341 e. The van der Waals surface area contributed by atoms with Crippen LogP contribution in [0.25, 0.3) is 0 Å². The third-order valence-corrected chi connectivity index (χ3v) is 5.70. The average Bonchev–Trinajstić information content (AvgIpc) is 2.37. The van der Waals surface area contributed by atoms with E-state index >= 15 is 0 Å². The molecule has 2 aliphatic carbocycles. The second-order valence-electron chi connectivity index (χ2n) is 6.86. The van der Waals surface area contributed by atoms with E-state index in [0.29, 0.717) is 5.41 Å². The van der Waals surface area contributed by atoms with Gasteiger partial charge < -0.3 is 10.6 Å². The smallest absolute Gasteiger partial charge is 0.242 e. The second kappa shape index (κ2) is 4.52. The largest absolute Gasteiger partial charge is 0.341 e. The molecule has 3 aliphatic rings. The van der Waals surface area contributed by atoms with Gasteiger partial charge in [-0.25, -0.2) is 0 Å². The van der Waals surface area contributed by atoms with Crippen LogP contribution in [0.5, 0.6) is 0 Å². The molecule has 3 heteroatoms. The number of piperidine rings is 1. The van der Waals surface area contributed by atoms with Crippen LogP contribution in [0.15, 0.2) is 0 Å². The van der Waals surface area contributed by atoms with E-state index in [-0.39, 0.29) is 5.91 Å². The van der Waals surface area contributed by atoms with E-state index in [0.717, 1.165) is 32.4 Å². The normalized spacial score (nSPS) is 29.9. The number of hydrogen-bond acceptors (Lipinski definition) is 2. The van der Waals surface area contributed by atoms with Gasteiger partial charge in [-0.05, 0) is 50.4 Å². The molecule has 1 heterocycles. The quantitative estimate of drug-likeness (QED) is 0.777. The van der Waals surface area contributed by atoms with Gasteiger partial charge in [0.2, 0.25) is 5.91 Å². The van der Waals surface area contributed by atoms with Gasteiger partial charge in [-0.15, -0.1) is 0 Å². The number of carbonyl (C=O) groups excluding carboxylic acids is 1. The zero-order valence-corrected chi connectivity index (χ0v) is 11.4. The van der Waals surface area contributed by atoms with Crippen molar-refractivity contribution in [3.8, 4) is 0 Å². The number of hydrogen-bond donors (Lipinski definition) is 1. The summed E-state index contributed by atoms with van der Waals surface area (Å²) in [6.45, 7) is 1.91. The minimum absolute atomic E-state index is 0.236. The van der Waals surface area contributed by atoms with E-state index in [9.17, 15) is 4.79 Å². The Bertz CT molecular complexity index is 319. The van der Waals surface area contributed by atoms with Crippen LogP contribution in [0.4, 0.5) is 0 Å². The van der Waals surface area contributed by atoms with Gasteiger partial charge in [0.25, 0.3) is 0 Å².